The Morgan fingerprint density at radius 1 is 1.32 bits per heavy atom. The lowest BCUT2D eigenvalue weighted by molar-refractivity contribution is 0.0558. The van der Waals surface area contributed by atoms with Crippen LogP contribution in [0.1, 0.15) is 25.3 Å². The van der Waals surface area contributed by atoms with Crippen LogP contribution < -0.4 is 5.32 Å². The monoisotopic (exact) mass is 258 g/mol. The van der Waals surface area contributed by atoms with Gasteiger partial charge in [-0.1, -0.05) is 18.2 Å². The molecule has 1 aliphatic heterocycles. The minimum absolute atomic E-state index is 0.550. The minimum Gasteiger partial charge on any atom is -0.381 e. The summed E-state index contributed by atoms with van der Waals surface area (Å²) in [6, 6.07) is 9.15. The Bertz CT molecular complexity index is 528. The third-order valence-corrected chi connectivity index (χ3v) is 4.26. The van der Waals surface area contributed by atoms with Crippen LogP contribution in [0.3, 0.4) is 0 Å². The van der Waals surface area contributed by atoms with Crippen LogP contribution in [0, 0.1) is 5.92 Å². The van der Waals surface area contributed by atoms with Crippen LogP contribution in [-0.4, -0.2) is 24.2 Å². The van der Waals surface area contributed by atoms with E-state index in [9.17, 15) is 0 Å². The molecule has 0 spiro atoms. The Morgan fingerprint density at radius 3 is 3.00 bits per heavy atom. The third-order valence-electron chi connectivity index (χ3n) is 4.26. The molecule has 0 amide bonds. The number of aromatic nitrogens is 1. The van der Waals surface area contributed by atoms with Crippen LogP contribution in [0.15, 0.2) is 30.5 Å². The lowest BCUT2D eigenvalue weighted by Gasteiger charge is -2.28. The van der Waals surface area contributed by atoms with E-state index in [0.29, 0.717) is 6.04 Å². The highest BCUT2D eigenvalue weighted by Crippen LogP contribution is 2.20. The predicted molar refractivity (Wildman–Crippen MR) is 78.1 cm³/mol. The molecule has 0 radical (unpaired) electrons. The van der Waals surface area contributed by atoms with E-state index in [2.05, 4.69) is 41.5 Å². The van der Waals surface area contributed by atoms with Gasteiger partial charge in [0.1, 0.15) is 0 Å². The Hall–Kier alpha value is -1.32. The molecule has 1 aliphatic rings. The molecule has 0 aliphatic carbocycles. The van der Waals surface area contributed by atoms with Gasteiger partial charge in [-0.3, -0.25) is 0 Å². The van der Waals surface area contributed by atoms with Gasteiger partial charge in [-0.2, -0.15) is 0 Å². The molecule has 1 aromatic carbocycles. The van der Waals surface area contributed by atoms with E-state index in [0.717, 1.165) is 25.7 Å². The van der Waals surface area contributed by atoms with E-state index >= 15 is 0 Å². The largest absolute Gasteiger partial charge is 0.381 e. The van der Waals surface area contributed by atoms with E-state index in [-0.39, 0.29) is 0 Å². The van der Waals surface area contributed by atoms with Gasteiger partial charge in [0, 0.05) is 37.5 Å². The molecule has 2 aromatic rings. The molecule has 2 N–H and O–H groups in total. The van der Waals surface area contributed by atoms with E-state index in [4.69, 9.17) is 4.74 Å². The molecule has 1 aromatic heterocycles. The lowest BCUT2D eigenvalue weighted by atomic mass is 9.93. The average Bonchev–Trinajstić information content (AvgIpc) is 2.94. The predicted octanol–water partition coefficient (Wildman–Crippen LogP) is 3.07. The molecule has 19 heavy (non-hydrogen) atoms. The molecule has 1 unspecified atom stereocenters. The van der Waals surface area contributed by atoms with E-state index in [1.54, 1.807) is 0 Å². The van der Waals surface area contributed by atoms with Crippen LogP contribution in [-0.2, 0) is 11.3 Å². The van der Waals surface area contributed by atoms with Crippen LogP contribution in [0.4, 0.5) is 0 Å². The van der Waals surface area contributed by atoms with Crippen LogP contribution >= 0.6 is 0 Å². The zero-order valence-electron chi connectivity index (χ0n) is 11.5. The van der Waals surface area contributed by atoms with Crippen molar-refractivity contribution < 1.29 is 4.74 Å². The molecule has 3 rings (SSSR count). The normalized spacial score (nSPS) is 18.8. The fourth-order valence-electron chi connectivity index (χ4n) is 2.95. The van der Waals surface area contributed by atoms with Crippen molar-refractivity contribution in [1.82, 2.24) is 10.3 Å². The van der Waals surface area contributed by atoms with Gasteiger partial charge in [0.15, 0.2) is 0 Å². The van der Waals surface area contributed by atoms with Gasteiger partial charge in [0.25, 0.3) is 0 Å². The summed E-state index contributed by atoms with van der Waals surface area (Å²) in [5.41, 5.74) is 2.61. The maximum Gasteiger partial charge on any atom is 0.0499 e. The number of benzene rings is 1. The number of hydrogen-bond donors (Lipinski definition) is 2. The highest BCUT2D eigenvalue weighted by Gasteiger charge is 2.20. The summed E-state index contributed by atoms with van der Waals surface area (Å²) in [6.45, 7) is 5.06. The molecule has 3 nitrogen and oxygen atoms in total. The van der Waals surface area contributed by atoms with Crippen molar-refractivity contribution in [2.45, 2.75) is 32.4 Å². The molecule has 102 valence electrons. The van der Waals surface area contributed by atoms with Crippen molar-refractivity contribution in [3.8, 4) is 0 Å². The van der Waals surface area contributed by atoms with Crippen molar-refractivity contribution in [1.29, 1.82) is 0 Å². The summed E-state index contributed by atoms with van der Waals surface area (Å²) < 4.78 is 5.43. The standard InChI is InChI=1S/C16H22N2O/c1-12(13-6-9-19-10-7-13)18-11-15-4-2-3-14-5-8-17-16(14)15/h2-5,8,12-13,17-18H,6-7,9-11H2,1H3. The van der Waals surface area contributed by atoms with Gasteiger partial charge in [-0.05, 0) is 42.7 Å². The fraction of sp³-hybridized carbons (Fsp3) is 0.500. The number of hydrogen-bond acceptors (Lipinski definition) is 2. The van der Waals surface area contributed by atoms with Gasteiger partial charge < -0.3 is 15.0 Å². The second-order valence-corrected chi connectivity index (χ2v) is 5.48. The summed E-state index contributed by atoms with van der Waals surface area (Å²) in [5.74, 6) is 0.747. The Labute approximate surface area is 114 Å². The number of H-pyrrole nitrogens is 1. The average molecular weight is 258 g/mol. The molecule has 1 atom stereocenters. The molecule has 2 heterocycles. The van der Waals surface area contributed by atoms with Gasteiger partial charge in [-0.25, -0.2) is 0 Å². The topological polar surface area (TPSA) is 37.0 Å². The molecule has 1 saturated heterocycles. The van der Waals surface area contributed by atoms with Crippen LogP contribution in [0.25, 0.3) is 10.9 Å². The van der Waals surface area contributed by atoms with Gasteiger partial charge in [0.05, 0.1) is 0 Å². The summed E-state index contributed by atoms with van der Waals surface area (Å²) >= 11 is 0. The molecule has 0 saturated carbocycles. The summed E-state index contributed by atoms with van der Waals surface area (Å²) in [7, 11) is 0. The number of para-hydroxylation sites is 1. The van der Waals surface area contributed by atoms with Gasteiger partial charge in [-0.15, -0.1) is 0 Å². The Morgan fingerprint density at radius 2 is 2.16 bits per heavy atom. The van der Waals surface area contributed by atoms with Gasteiger partial charge in [0.2, 0.25) is 0 Å². The zero-order chi connectivity index (χ0) is 13.1. The summed E-state index contributed by atoms with van der Waals surface area (Å²) in [5, 5.41) is 4.96. The molecule has 1 fully saturated rings. The highest BCUT2D eigenvalue weighted by molar-refractivity contribution is 5.82. The SMILES string of the molecule is CC(NCc1cccc2cc[nH]c12)C1CCOCC1. The van der Waals surface area contributed by atoms with Crippen LogP contribution in [0.5, 0.6) is 0 Å². The van der Waals surface area contributed by atoms with Crippen molar-refractivity contribution in [3.63, 3.8) is 0 Å². The highest BCUT2D eigenvalue weighted by atomic mass is 16.5. The number of nitrogens with one attached hydrogen (secondary N) is 2. The van der Waals surface area contributed by atoms with E-state index in [1.807, 2.05) is 6.20 Å². The van der Waals surface area contributed by atoms with Crippen molar-refractivity contribution in [2.75, 3.05) is 13.2 Å². The number of fused-ring (bicyclic) bond motifs is 1. The molecular formula is C16H22N2O. The Kier molecular flexibility index (Phi) is 3.85. The van der Waals surface area contributed by atoms with E-state index < -0.39 is 0 Å². The van der Waals surface area contributed by atoms with E-state index in [1.165, 1.54) is 29.3 Å². The maximum absolute atomic E-state index is 5.43. The first-order valence-electron chi connectivity index (χ1n) is 7.21. The third kappa shape index (κ3) is 2.82. The first-order valence-corrected chi connectivity index (χ1v) is 7.21. The van der Waals surface area contributed by atoms with Gasteiger partial charge >= 0.3 is 0 Å². The lowest BCUT2D eigenvalue weighted by Crippen LogP contribution is -2.36. The summed E-state index contributed by atoms with van der Waals surface area (Å²) in [4.78, 5) is 3.33. The minimum atomic E-state index is 0.550. The van der Waals surface area contributed by atoms with Crippen molar-refractivity contribution >= 4 is 10.9 Å². The molecule has 0 bridgehead atoms. The first kappa shape index (κ1) is 12.7. The summed E-state index contributed by atoms with van der Waals surface area (Å²) in [6.07, 6.45) is 4.37. The second-order valence-electron chi connectivity index (χ2n) is 5.48. The Balaban J connectivity index is 1.63. The fourth-order valence-corrected chi connectivity index (χ4v) is 2.95. The smallest absolute Gasteiger partial charge is 0.0499 e. The maximum atomic E-state index is 5.43. The number of aromatic amines is 1. The van der Waals surface area contributed by atoms with Crippen molar-refractivity contribution in [2.24, 2.45) is 5.92 Å². The van der Waals surface area contributed by atoms with Crippen molar-refractivity contribution in [3.05, 3.63) is 36.0 Å². The molecular weight excluding hydrogens is 236 g/mol. The van der Waals surface area contributed by atoms with Crippen LogP contribution in [0.2, 0.25) is 0 Å². The number of rotatable bonds is 4. The molecule has 3 heteroatoms. The number of ether oxygens (including phenoxy) is 1. The quantitative estimate of drug-likeness (QED) is 0.884. The zero-order valence-corrected chi connectivity index (χ0v) is 11.5. The first-order chi connectivity index (χ1) is 9.34. The second kappa shape index (κ2) is 5.76.